The largest absolute Gasteiger partial charge is 0.463 e. The Morgan fingerprint density at radius 3 is 2.70 bits per heavy atom. The van der Waals surface area contributed by atoms with Gasteiger partial charge >= 0.3 is 12.0 Å². The van der Waals surface area contributed by atoms with E-state index in [0.29, 0.717) is 34.4 Å². The molecule has 0 fully saturated rings. The Balaban J connectivity index is 2.17. The Labute approximate surface area is 156 Å². The van der Waals surface area contributed by atoms with Crippen molar-refractivity contribution in [3.05, 3.63) is 51.6 Å². The molecule has 2 heterocycles. The SMILES string of the molecule is CCOC(=O)C1=C(Cn2c(=O)c(C)nc3ccccc32)NC(=O)NC1CC. The van der Waals surface area contributed by atoms with Crippen molar-refractivity contribution in [1.29, 1.82) is 0 Å². The van der Waals surface area contributed by atoms with Crippen LogP contribution in [0.25, 0.3) is 11.0 Å². The van der Waals surface area contributed by atoms with Gasteiger partial charge in [0.05, 0.1) is 41.5 Å². The summed E-state index contributed by atoms with van der Waals surface area (Å²) in [6.45, 7) is 5.49. The molecule has 2 N–H and O–H groups in total. The molecule has 142 valence electrons. The van der Waals surface area contributed by atoms with Gasteiger partial charge in [0.2, 0.25) is 0 Å². The van der Waals surface area contributed by atoms with Crippen LogP contribution < -0.4 is 16.2 Å². The van der Waals surface area contributed by atoms with Crippen molar-refractivity contribution in [3.8, 4) is 0 Å². The second-order valence-electron chi connectivity index (χ2n) is 6.25. The van der Waals surface area contributed by atoms with Crippen LogP contribution in [0.3, 0.4) is 0 Å². The Hall–Kier alpha value is -3.16. The minimum Gasteiger partial charge on any atom is -0.463 e. The highest BCUT2D eigenvalue weighted by molar-refractivity contribution is 5.94. The predicted octanol–water partition coefficient (Wildman–Crippen LogP) is 1.61. The minimum atomic E-state index is -0.505. The van der Waals surface area contributed by atoms with Crippen LogP contribution in [0.5, 0.6) is 0 Å². The second-order valence-corrected chi connectivity index (χ2v) is 6.25. The van der Waals surface area contributed by atoms with E-state index in [1.165, 1.54) is 4.57 Å². The first-order valence-corrected chi connectivity index (χ1v) is 8.90. The number of fused-ring (bicyclic) bond motifs is 1. The van der Waals surface area contributed by atoms with Gasteiger partial charge in [0.1, 0.15) is 5.69 Å². The van der Waals surface area contributed by atoms with E-state index in [0.717, 1.165) is 0 Å². The fraction of sp³-hybridized carbons (Fsp3) is 0.368. The normalized spacial score (nSPS) is 16.9. The zero-order valence-corrected chi connectivity index (χ0v) is 15.5. The number of esters is 1. The van der Waals surface area contributed by atoms with E-state index in [4.69, 9.17) is 4.74 Å². The molecule has 1 aliphatic rings. The first-order chi connectivity index (χ1) is 13.0. The molecule has 0 aliphatic carbocycles. The van der Waals surface area contributed by atoms with Crippen LogP contribution >= 0.6 is 0 Å². The van der Waals surface area contributed by atoms with Crippen LogP contribution in [0.15, 0.2) is 40.3 Å². The number of ether oxygens (including phenoxy) is 1. The summed E-state index contributed by atoms with van der Waals surface area (Å²) in [6.07, 6.45) is 0.524. The van der Waals surface area contributed by atoms with Gasteiger partial charge in [-0.05, 0) is 32.4 Å². The van der Waals surface area contributed by atoms with Crippen molar-refractivity contribution >= 4 is 23.0 Å². The average Bonchev–Trinajstić information content (AvgIpc) is 2.65. The molecule has 0 spiro atoms. The predicted molar refractivity (Wildman–Crippen MR) is 100 cm³/mol. The number of urea groups is 1. The van der Waals surface area contributed by atoms with Crippen molar-refractivity contribution in [3.63, 3.8) is 0 Å². The van der Waals surface area contributed by atoms with E-state index in [9.17, 15) is 14.4 Å². The number of carbonyl (C=O) groups is 2. The molecule has 1 aromatic carbocycles. The molecule has 27 heavy (non-hydrogen) atoms. The first kappa shape index (κ1) is 18.6. The lowest BCUT2D eigenvalue weighted by molar-refractivity contribution is -0.139. The summed E-state index contributed by atoms with van der Waals surface area (Å²) in [7, 11) is 0. The molecule has 0 saturated heterocycles. The summed E-state index contributed by atoms with van der Waals surface area (Å²) >= 11 is 0. The monoisotopic (exact) mass is 370 g/mol. The van der Waals surface area contributed by atoms with Gasteiger partial charge in [-0.2, -0.15) is 0 Å². The third-order valence-electron chi connectivity index (χ3n) is 4.48. The quantitative estimate of drug-likeness (QED) is 0.779. The number of nitrogens with zero attached hydrogens (tertiary/aromatic N) is 2. The first-order valence-electron chi connectivity index (χ1n) is 8.90. The van der Waals surface area contributed by atoms with Crippen molar-refractivity contribution < 1.29 is 14.3 Å². The van der Waals surface area contributed by atoms with Crippen molar-refractivity contribution in [2.75, 3.05) is 6.61 Å². The number of rotatable bonds is 5. The standard InChI is InChI=1S/C19H22N4O4/c1-4-12-16(18(25)27-5-2)14(22-19(26)21-12)10-23-15-9-7-6-8-13(15)20-11(3)17(23)24/h6-9,12H,4-5,10H2,1-3H3,(H2,21,22,26). The lowest BCUT2D eigenvalue weighted by atomic mass is 10.00. The number of hydrogen-bond donors (Lipinski definition) is 2. The Morgan fingerprint density at radius 1 is 1.26 bits per heavy atom. The van der Waals surface area contributed by atoms with Gasteiger partial charge in [-0.1, -0.05) is 19.1 Å². The Morgan fingerprint density at radius 2 is 2.00 bits per heavy atom. The summed E-state index contributed by atoms with van der Waals surface area (Å²) < 4.78 is 6.69. The number of aryl methyl sites for hydroxylation is 1. The molecule has 2 aromatic rings. The van der Waals surface area contributed by atoms with Crippen LogP contribution in [-0.4, -0.2) is 34.2 Å². The number of allylic oxidation sites excluding steroid dienone is 1. The topological polar surface area (TPSA) is 102 Å². The molecule has 2 amide bonds. The molecule has 0 radical (unpaired) electrons. The highest BCUT2D eigenvalue weighted by atomic mass is 16.5. The third kappa shape index (κ3) is 3.55. The summed E-state index contributed by atoms with van der Waals surface area (Å²) in [5, 5.41) is 5.40. The van der Waals surface area contributed by atoms with Crippen molar-refractivity contribution in [1.82, 2.24) is 20.2 Å². The van der Waals surface area contributed by atoms with Crippen LogP contribution in [0.2, 0.25) is 0 Å². The van der Waals surface area contributed by atoms with Crippen molar-refractivity contribution in [2.24, 2.45) is 0 Å². The van der Waals surface area contributed by atoms with Gasteiger partial charge in [0, 0.05) is 0 Å². The van der Waals surface area contributed by atoms with Crippen LogP contribution in [0, 0.1) is 6.92 Å². The van der Waals surface area contributed by atoms with E-state index >= 15 is 0 Å². The van der Waals surface area contributed by atoms with E-state index in [1.54, 1.807) is 19.9 Å². The third-order valence-corrected chi connectivity index (χ3v) is 4.48. The number of carbonyl (C=O) groups excluding carboxylic acids is 2. The molecule has 8 nitrogen and oxygen atoms in total. The molecule has 3 rings (SSSR count). The fourth-order valence-electron chi connectivity index (χ4n) is 3.22. The van der Waals surface area contributed by atoms with E-state index in [2.05, 4.69) is 15.6 Å². The van der Waals surface area contributed by atoms with Gasteiger partial charge < -0.3 is 15.4 Å². The molecule has 0 bridgehead atoms. The van der Waals surface area contributed by atoms with Crippen LogP contribution in [-0.2, 0) is 16.1 Å². The zero-order chi connectivity index (χ0) is 19.6. The molecular formula is C19H22N4O4. The number of nitrogens with one attached hydrogen (secondary N) is 2. The maximum absolute atomic E-state index is 12.7. The van der Waals surface area contributed by atoms with Gasteiger partial charge in [-0.3, -0.25) is 9.36 Å². The number of hydrogen-bond acceptors (Lipinski definition) is 5. The van der Waals surface area contributed by atoms with Crippen LogP contribution in [0.1, 0.15) is 26.0 Å². The van der Waals surface area contributed by atoms with E-state index < -0.39 is 18.0 Å². The highest BCUT2D eigenvalue weighted by Gasteiger charge is 2.31. The molecule has 1 atom stereocenters. The van der Waals surface area contributed by atoms with Gasteiger partial charge in [-0.25, -0.2) is 14.6 Å². The number of benzene rings is 1. The zero-order valence-electron chi connectivity index (χ0n) is 15.5. The van der Waals surface area contributed by atoms with Gasteiger partial charge in [0.15, 0.2) is 0 Å². The summed E-state index contributed by atoms with van der Waals surface area (Å²) in [4.78, 5) is 41.6. The lowest BCUT2D eigenvalue weighted by Gasteiger charge is -2.28. The second kappa shape index (κ2) is 7.61. The average molecular weight is 370 g/mol. The molecule has 1 unspecified atom stereocenters. The number of aromatic nitrogens is 2. The summed E-state index contributed by atoms with van der Waals surface area (Å²) in [6, 6.07) is 6.37. The summed E-state index contributed by atoms with van der Waals surface area (Å²) in [5.74, 6) is -0.505. The smallest absolute Gasteiger partial charge is 0.337 e. The lowest BCUT2D eigenvalue weighted by Crippen LogP contribution is -2.51. The Bertz CT molecular complexity index is 993. The summed E-state index contributed by atoms with van der Waals surface area (Å²) in [5.41, 5.74) is 2.07. The van der Waals surface area contributed by atoms with Gasteiger partial charge in [0.25, 0.3) is 5.56 Å². The molecule has 1 aromatic heterocycles. The fourth-order valence-corrected chi connectivity index (χ4v) is 3.22. The molecule has 0 saturated carbocycles. The Kier molecular flexibility index (Phi) is 5.25. The molecular weight excluding hydrogens is 348 g/mol. The van der Waals surface area contributed by atoms with Crippen LogP contribution in [0.4, 0.5) is 4.79 Å². The maximum atomic E-state index is 12.7. The maximum Gasteiger partial charge on any atom is 0.337 e. The van der Waals surface area contributed by atoms with E-state index in [-0.39, 0.29) is 18.7 Å². The number of para-hydroxylation sites is 2. The number of amides is 2. The van der Waals surface area contributed by atoms with Gasteiger partial charge in [-0.15, -0.1) is 0 Å². The minimum absolute atomic E-state index is 0.0424. The highest BCUT2D eigenvalue weighted by Crippen LogP contribution is 2.19. The van der Waals surface area contributed by atoms with E-state index in [1.807, 2.05) is 25.1 Å². The molecule has 8 heteroatoms. The molecule has 1 aliphatic heterocycles. The van der Waals surface area contributed by atoms with Crippen molar-refractivity contribution in [2.45, 2.75) is 39.8 Å².